The zero-order valence-electron chi connectivity index (χ0n) is 11.1. The number of thioether (sulfide) groups is 1. The summed E-state index contributed by atoms with van der Waals surface area (Å²) in [7, 11) is 0. The molecule has 7 heteroatoms. The van der Waals surface area contributed by atoms with Crippen LogP contribution < -0.4 is 5.32 Å². The maximum absolute atomic E-state index is 12.2. The average Bonchev–Trinajstić information content (AvgIpc) is 2.99. The maximum Gasteiger partial charge on any atom is 0.324 e. The predicted octanol–water partition coefficient (Wildman–Crippen LogP) is 1.33. The number of amides is 3. The van der Waals surface area contributed by atoms with Crippen LogP contribution in [0.1, 0.15) is 20.3 Å². The lowest BCUT2D eigenvalue weighted by Gasteiger charge is -2.17. The molecule has 104 valence electrons. The monoisotopic (exact) mass is 282 g/mol. The molecule has 19 heavy (non-hydrogen) atoms. The number of nitrogens with zero attached hydrogens (tertiary/aromatic N) is 3. The second-order valence-corrected chi connectivity index (χ2v) is 5.69. The SMILES string of the molecule is CCCn1ccnc1S[C@H](C)C(=O)N1CCNC1=O. The van der Waals surface area contributed by atoms with Gasteiger partial charge in [-0.3, -0.25) is 9.69 Å². The highest BCUT2D eigenvalue weighted by Crippen LogP contribution is 2.23. The lowest BCUT2D eigenvalue weighted by atomic mass is 10.4. The number of rotatable bonds is 5. The summed E-state index contributed by atoms with van der Waals surface area (Å²) in [4.78, 5) is 29.1. The quantitative estimate of drug-likeness (QED) is 0.827. The van der Waals surface area contributed by atoms with Crippen LogP contribution in [0.3, 0.4) is 0 Å². The van der Waals surface area contributed by atoms with Crippen molar-refractivity contribution >= 4 is 23.7 Å². The third-order valence-electron chi connectivity index (χ3n) is 2.89. The Morgan fingerprint density at radius 3 is 3.05 bits per heavy atom. The highest BCUT2D eigenvalue weighted by molar-refractivity contribution is 8.00. The van der Waals surface area contributed by atoms with Crippen LogP contribution in [0.15, 0.2) is 17.6 Å². The first kappa shape index (κ1) is 13.9. The molecule has 0 unspecified atom stereocenters. The number of carbonyl (C=O) groups excluding carboxylic acids is 2. The minimum atomic E-state index is -0.318. The zero-order valence-corrected chi connectivity index (χ0v) is 11.9. The van der Waals surface area contributed by atoms with Crippen molar-refractivity contribution in [3.63, 3.8) is 0 Å². The molecule has 1 N–H and O–H groups in total. The first-order chi connectivity index (χ1) is 9.13. The van der Waals surface area contributed by atoms with Gasteiger partial charge >= 0.3 is 6.03 Å². The van der Waals surface area contributed by atoms with Gasteiger partial charge in [0.15, 0.2) is 5.16 Å². The van der Waals surface area contributed by atoms with E-state index in [1.807, 2.05) is 17.7 Å². The largest absolute Gasteiger partial charge is 0.336 e. The van der Waals surface area contributed by atoms with Crippen LogP contribution in [0, 0.1) is 0 Å². The fraction of sp³-hybridized carbons (Fsp3) is 0.583. The summed E-state index contributed by atoms with van der Waals surface area (Å²) in [5, 5.41) is 3.14. The summed E-state index contributed by atoms with van der Waals surface area (Å²) in [6.07, 6.45) is 4.66. The molecule has 1 atom stereocenters. The number of aryl methyl sites for hydroxylation is 1. The Balaban J connectivity index is 2.00. The Morgan fingerprint density at radius 1 is 1.63 bits per heavy atom. The highest BCUT2D eigenvalue weighted by Gasteiger charge is 2.30. The molecule has 2 rings (SSSR count). The Kier molecular flexibility index (Phi) is 4.47. The summed E-state index contributed by atoms with van der Waals surface area (Å²) in [6, 6.07) is -0.297. The van der Waals surface area contributed by atoms with Crippen molar-refractivity contribution in [1.82, 2.24) is 19.8 Å². The van der Waals surface area contributed by atoms with Gasteiger partial charge in [-0.1, -0.05) is 18.7 Å². The van der Waals surface area contributed by atoms with Crippen LogP contribution >= 0.6 is 11.8 Å². The van der Waals surface area contributed by atoms with E-state index in [9.17, 15) is 9.59 Å². The first-order valence-corrected chi connectivity index (χ1v) is 7.28. The lowest BCUT2D eigenvalue weighted by molar-refractivity contribution is -0.126. The second kappa shape index (κ2) is 6.10. The average molecular weight is 282 g/mol. The van der Waals surface area contributed by atoms with Crippen LogP contribution in [0.25, 0.3) is 0 Å². The topological polar surface area (TPSA) is 67.2 Å². The first-order valence-electron chi connectivity index (χ1n) is 6.40. The number of carbonyl (C=O) groups is 2. The fourth-order valence-electron chi connectivity index (χ4n) is 1.93. The van der Waals surface area contributed by atoms with Gasteiger partial charge in [0, 0.05) is 32.0 Å². The van der Waals surface area contributed by atoms with Gasteiger partial charge in [0.05, 0.1) is 5.25 Å². The van der Waals surface area contributed by atoms with Gasteiger partial charge in [-0.15, -0.1) is 0 Å². The van der Waals surface area contributed by atoms with E-state index < -0.39 is 0 Å². The molecule has 1 aromatic rings. The number of hydrogen-bond donors (Lipinski definition) is 1. The van der Waals surface area contributed by atoms with Crippen molar-refractivity contribution < 1.29 is 9.59 Å². The number of urea groups is 1. The van der Waals surface area contributed by atoms with Gasteiger partial charge in [0.1, 0.15) is 0 Å². The zero-order chi connectivity index (χ0) is 13.8. The molecule has 0 aliphatic carbocycles. The molecule has 0 aromatic carbocycles. The Bertz CT molecular complexity index is 474. The number of imidazole rings is 1. The van der Waals surface area contributed by atoms with Gasteiger partial charge in [0.2, 0.25) is 5.91 Å². The number of imide groups is 1. The standard InChI is InChI=1S/C12H18N4O2S/c1-3-6-15-7-4-14-12(15)19-9(2)10(17)16-8-5-13-11(16)18/h4,7,9H,3,5-6,8H2,1-2H3,(H,13,18)/t9-/m1/s1. The van der Waals surface area contributed by atoms with E-state index >= 15 is 0 Å². The number of hydrogen-bond acceptors (Lipinski definition) is 4. The third kappa shape index (κ3) is 3.09. The fourth-order valence-corrected chi connectivity index (χ4v) is 2.89. The molecular formula is C12H18N4O2S. The van der Waals surface area contributed by atoms with Crippen molar-refractivity contribution in [3.05, 3.63) is 12.4 Å². The summed E-state index contributed by atoms with van der Waals surface area (Å²) in [5.74, 6) is -0.161. The van der Waals surface area contributed by atoms with E-state index in [0.29, 0.717) is 13.1 Å². The molecule has 1 aliphatic rings. The lowest BCUT2D eigenvalue weighted by Crippen LogP contribution is -2.39. The molecule has 3 amide bonds. The van der Waals surface area contributed by atoms with Crippen LogP contribution in [-0.4, -0.2) is 44.7 Å². The molecule has 1 aromatic heterocycles. The van der Waals surface area contributed by atoms with Gasteiger partial charge in [-0.25, -0.2) is 9.78 Å². The molecule has 0 radical (unpaired) electrons. The van der Waals surface area contributed by atoms with Gasteiger partial charge in [-0.05, 0) is 13.3 Å². The molecule has 1 fully saturated rings. The van der Waals surface area contributed by atoms with Gasteiger partial charge < -0.3 is 9.88 Å². The van der Waals surface area contributed by atoms with Crippen LogP contribution in [0.4, 0.5) is 4.79 Å². The summed E-state index contributed by atoms with van der Waals surface area (Å²) in [6.45, 7) is 5.77. The highest BCUT2D eigenvalue weighted by atomic mass is 32.2. The molecule has 1 saturated heterocycles. The van der Waals surface area contributed by atoms with Crippen molar-refractivity contribution in [2.24, 2.45) is 0 Å². The van der Waals surface area contributed by atoms with Crippen LogP contribution in [-0.2, 0) is 11.3 Å². The van der Waals surface area contributed by atoms with E-state index in [-0.39, 0.29) is 17.2 Å². The molecule has 0 spiro atoms. The van der Waals surface area contributed by atoms with E-state index in [0.717, 1.165) is 18.1 Å². The number of aromatic nitrogens is 2. The van der Waals surface area contributed by atoms with Gasteiger partial charge in [0.25, 0.3) is 0 Å². The minimum absolute atomic E-state index is 0.161. The summed E-state index contributed by atoms with van der Waals surface area (Å²) >= 11 is 1.39. The molecule has 0 saturated carbocycles. The van der Waals surface area contributed by atoms with E-state index in [1.165, 1.54) is 16.7 Å². The van der Waals surface area contributed by atoms with Crippen molar-refractivity contribution in [2.45, 2.75) is 37.2 Å². The summed E-state index contributed by atoms with van der Waals surface area (Å²) < 4.78 is 2.03. The molecule has 6 nitrogen and oxygen atoms in total. The smallest absolute Gasteiger partial charge is 0.324 e. The Morgan fingerprint density at radius 2 is 2.42 bits per heavy atom. The van der Waals surface area contributed by atoms with E-state index in [1.54, 1.807) is 6.20 Å². The molecule has 1 aliphatic heterocycles. The Labute approximate surface area is 116 Å². The van der Waals surface area contributed by atoms with Gasteiger partial charge in [-0.2, -0.15) is 0 Å². The van der Waals surface area contributed by atoms with E-state index in [4.69, 9.17) is 0 Å². The van der Waals surface area contributed by atoms with Crippen molar-refractivity contribution in [1.29, 1.82) is 0 Å². The Hall–Kier alpha value is -1.50. The van der Waals surface area contributed by atoms with Crippen molar-refractivity contribution in [2.75, 3.05) is 13.1 Å². The third-order valence-corrected chi connectivity index (χ3v) is 4.00. The van der Waals surface area contributed by atoms with Crippen LogP contribution in [0.5, 0.6) is 0 Å². The van der Waals surface area contributed by atoms with Crippen LogP contribution in [0.2, 0.25) is 0 Å². The number of nitrogens with one attached hydrogen (secondary N) is 1. The predicted molar refractivity (Wildman–Crippen MR) is 72.9 cm³/mol. The molecular weight excluding hydrogens is 264 g/mol. The second-order valence-electron chi connectivity index (χ2n) is 4.39. The minimum Gasteiger partial charge on any atom is -0.336 e. The van der Waals surface area contributed by atoms with E-state index in [2.05, 4.69) is 17.2 Å². The molecule has 0 bridgehead atoms. The molecule has 2 heterocycles. The maximum atomic E-state index is 12.2. The normalized spacial score (nSPS) is 16.5. The van der Waals surface area contributed by atoms with Crippen molar-refractivity contribution in [3.8, 4) is 0 Å². The summed E-state index contributed by atoms with van der Waals surface area (Å²) in [5.41, 5.74) is 0.